The maximum Gasteiger partial charge on any atom is 0.227 e. The van der Waals surface area contributed by atoms with Crippen LogP contribution in [-0.4, -0.2) is 22.0 Å². The van der Waals surface area contributed by atoms with Crippen molar-refractivity contribution in [2.24, 2.45) is 0 Å². The molecule has 1 saturated heterocycles. The van der Waals surface area contributed by atoms with Crippen molar-refractivity contribution in [1.29, 1.82) is 0 Å². The van der Waals surface area contributed by atoms with Crippen LogP contribution in [0.5, 0.6) is 0 Å². The molecule has 0 aliphatic carbocycles. The summed E-state index contributed by atoms with van der Waals surface area (Å²) in [7, 11) is 0. The molecule has 5 rings (SSSR count). The SMILES string of the molecule is Cc1cc(C)cc(N2CC(c3nc4ccccc4n3Cc3cccc(Cl)c3)CC2=O)c1. The average molecular weight is 430 g/mol. The number of amides is 1. The zero-order valence-electron chi connectivity index (χ0n) is 17.7. The van der Waals surface area contributed by atoms with E-state index in [1.54, 1.807) is 0 Å². The van der Waals surface area contributed by atoms with E-state index in [4.69, 9.17) is 16.6 Å². The van der Waals surface area contributed by atoms with Crippen molar-refractivity contribution in [3.05, 3.63) is 94.3 Å². The van der Waals surface area contributed by atoms with E-state index in [9.17, 15) is 4.79 Å². The fourth-order valence-electron chi connectivity index (χ4n) is 4.63. The molecule has 4 aromatic rings. The highest BCUT2D eigenvalue weighted by Gasteiger charge is 2.35. The Morgan fingerprint density at radius 2 is 1.77 bits per heavy atom. The van der Waals surface area contributed by atoms with Crippen molar-refractivity contribution in [3.8, 4) is 0 Å². The number of hydrogen-bond acceptors (Lipinski definition) is 2. The quantitative estimate of drug-likeness (QED) is 0.406. The first-order valence-electron chi connectivity index (χ1n) is 10.6. The number of anilines is 1. The minimum Gasteiger partial charge on any atom is -0.323 e. The summed E-state index contributed by atoms with van der Waals surface area (Å²) in [5.41, 5.74) is 6.46. The maximum atomic E-state index is 13.0. The van der Waals surface area contributed by atoms with Gasteiger partial charge in [0, 0.05) is 36.1 Å². The number of carbonyl (C=O) groups is 1. The van der Waals surface area contributed by atoms with Gasteiger partial charge in [-0.05, 0) is 66.9 Å². The van der Waals surface area contributed by atoms with E-state index in [0.717, 1.165) is 33.1 Å². The molecule has 0 spiro atoms. The molecule has 2 heterocycles. The molecule has 1 atom stereocenters. The molecule has 31 heavy (non-hydrogen) atoms. The third kappa shape index (κ3) is 3.84. The van der Waals surface area contributed by atoms with E-state index >= 15 is 0 Å². The van der Waals surface area contributed by atoms with Crippen molar-refractivity contribution >= 4 is 34.2 Å². The van der Waals surface area contributed by atoms with E-state index < -0.39 is 0 Å². The standard InChI is InChI=1S/C26H24ClN3O/c1-17-10-18(2)12-22(11-17)29-16-20(14-25(29)31)26-28-23-8-3-4-9-24(23)30(26)15-19-6-5-7-21(27)13-19/h3-13,20H,14-16H2,1-2H3. The predicted molar refractivity (Wildman–Crippen MR) is 126 cm³/mol. The lowest BCUT2D eigenvalue weighted by Crippen LogP contribution is -2.24. The van der Waals surface area contributed by atoms with Crippen molar-refractivity contribution < 1.29 is 4.79 Å². The minimum atomic E-state index is 0.0416. The van der Waals surface area contributed by atoms with Crippen molar-refractivity contribution in [1.82, 2.24) is 9.55 Å². The fraction of sp³-hybridized carbons (Fsp3) is 0.231. The van der Waals surface area contributed by atoms with Gasteiger partial charge in [-0.1, -0.05) is 41.9 Å². The molecule has 5 heteroatoms. The highest BCUT2D eigenvalue weighted by atomic mass is 35.5. The van der Waals surface area contributed by atoms with Gasteiger partial charge in [-0.15, -0.1) is 0 Å². The molecule has 4 nitrogen and oxygen atoms in total. The number of carbonyl (C=O) groups excluding carboxylic acids is 1. The predicted octanol–water partition coefficient (Wildman–Crippen LogP) is 5.88. The number of aryl methyl sites for hydroxylation is 2. The Labute approximate surface area is 187 Å². The summed E-state index contributed by atoms with van der Waals surface area (Å²) in [5.74, 6) is 1.15. The number of hydrogen-bond donors (Lipinski definition) is 0. The normalized spacial score (nSPS) is 16.4. The third-order valence-corrected chi connectivity index (χ3v) is 6.16. The molecule has 0 N–H and O–H groups in total. The summed E-state index contributed by atoms with van der Waals surface area (Å²) < 4.78 is 2.24. The lowest BCUT2D eigenvalue weighted by atomic mass is 10.1. The van der Waals surface area contributed by atoms with Gasteiger partial charge in [0.1, 0.15) is 5.82 Å². The van der Waals surface area contributed by atoms with Crippen LogP contribution in [0, 0.1) is 13.8 Å². The van der Waals surface area contributed by atoms with Crippen molar-refractivity contribution in [2.45, 2.75) is 32.7 Å². The van der Waals surface area contributed by atoms with E-state index in [-0.39, 0.29) is 11.8 Å². The summed E-state index contributed by atoms with van der Waals surface area (Å²) in [6.45, 7) is 5.45. The molecule has 1 amide bonds. The lowest BCUT2D eigenvalue weighted by molar-refractivity contribution is -0.117. The second-order valence-electron chi connectivity index (χ2n) is 8.43. The molecular weight excluding hydrogens is 406 g/mol. The van der Waals surface area contributed by atoms with E-state index in [0.29, 0.717) is 19.5 Å². The van der Waals surface area contributed by atoms with E-state index in [2.05, 4.69) is 48.7 Å². The van der Waals surface area contributed by atoms with Crippen LogP contribution in [0.2, 0.25) is 5.02 Å². The number of imidazole rings is 1. The number of para-hydroxylation sites is 2. The Bertz CT molecular complexity index is 1270. The molecule has 1 aliphatic rings. The highest BCUT2D eigenvalue weighted by Crippen LogP contribution is 2.34. The molecule has 0 saturated carbocycles. The Hall–Kier alpha value is -3.11. The van der Waals surface area contributed by atoms with Crippen molar-refractivity contribution in [2.75, 3.05) is 11.4 Å². The lowest BCUT2D eigenvalue weighted by Gasteiger charge is -2.19. The van der Waals surface area contributed by atoms with Gasteiger partial charge >= 0.3 is 0 Å². The first-order valence-corrected chi connectivity index (χ1v) is 10.9. The maximum absolute atomic E-state index is 13.0. The number of benzene rings is 3. The summed E-state index contributed by atoms with van der Waals surface area (Å²) in [4.78, 5) is 19.9. The van der Waals surface area contributed by atoms with E-state index in [1.807, 2.05) is 41.3 Å². The number of aromatic nitrogens is 2. The van der Waals surface area contributed by atoms with Crippen LogP contribution < -0.4 is 4.90 Å². The number of rotatable bonds is 4. The van der Waals surface area contributed by atoms with Crippen LogP contribution in [0.1, 0.15) is 34.9 Å². The van der Waals surface area contributed by atoms with Gasteiger partial charge in [-0.25, -0.2) is 4.98 Å². The van der Waals surface area contributed by atoms with Gasteiger partial charge in [-0.2, -0.15) is 0 Å². The smallest absolute Gasteiger partial charge is 0.227 e. The molecule has 156 valence electrons. The number of halogens is 1. The zero-order valence-corrected chi connectivity index (χ0v) is 18.4. The molecule has 1 unspecified atom stereocenters. The zero-order chi connectivity index (χ0) is 21.5. The number of nitrogens with zero attached hydrogens (tertiary/aromatic N) is 3. The van der Waals surface area contributed by atoms with Crippen LogP contribution in [0.15, 0.2) is 66.7 Å². The molecule has 1 fully saturated rings. The monoisotopic (exact) mass is 429 g/mol. The molecule has 1 aromatic heterocycles. The van der Waals surface area contributed by atoms with Gasteiger partial charge in [0.25, 0.3) is 0 Å². The van der Waals surface area contributed by atoms with Crippen molar-refractivity contribution in [3.63, 3.8) is 0 Å². The Morgan fingerprint density at radius 1 is 1.00 bits per heavy atom. The minimum absolute atomic E-state index is 0.0416. The fourth-order valence-corrected chi connectivity index (χ4v) is 4.84. The Morgan fingerprint density at radius 3 is 2.55 bits per heavy atom. The van der Waals surface area contributed by atoms with E-state index in [1.165, 1.54) is 11.1 Å². The van der Waals surface area contributed by atoms with Crippen LogP contribution in [0.3, 0.4) is 0 Å². The second kappa shape index (κ2) is 7.86. The third-order valence-electron chi connectivity index (χ3n) is 5.92. The molecule has 0 radical (unpaired) electrons. The molecule has 3 aromatic carbocycles. The Balaban J connectivity index is 1.53. The number of fused-ring (bicyclic) bond motifs is 1. The van der Waals surface area contributed by atoms with Gasteiger partial charge in [0.05, 0.1) is 11.0 Å². The van der Waals surface area contributed by atoms with Gasteiger partial charge in [0.15, 0.2) is 0 Å². The van der Waals surface area contributed by atoms with Crippen LogP contribution in [0.4, 0.5) is 5.69 Å². The van der Waals surface area contributed by atoms with Crippen LogP contribution in [0.25, 0.3) is 11.0 Å². The summed E-state index contributed by atoms with van der Waals surface area (Å²) in [6, 6.07) is 22.4. The average Bonchev–Trinajstić information content (AvgIpc) is 3.28. The molecular formula is C26H24ClN3O. The highest BCUT2D eigenvalue weighted by molar-refractivity contribution is 6.30. The largest absolute Gasteiger partial charge is 0.323 e. The van der Waals surface area contributed by atoms with Crippen LogP contribution in [-0.2, 0) is 11.3 Å². The summed E-state index contributed by atoms with van der Waals surface area (Å²) in [6.07, 6.45) is 0.464. The summed E-state index contributed by atoms with van der Waals surface area (Å²) >= 11 is 6.23. The molecule has 1 aliphatic heterocycles. The first-order chi connectivity index (χ1) is 15.0. The second-order valence-corrected chi connectivity index (χ2v) is 8.86. The van der Waals surface area contributed by atoms with Crippen LogP contribution >= 0.6 is 11.6 Å². The topological polar surface area (TPSA) is 38.1 Å². The van der Waals surface area contributed by atoms with Gasteiger partial charge in [0.2, 0.25) is 5.91 Å². The van der Waals surface area contributed by atoms with Gasteiger partial charge < -0.3 is 9.47 Å². The Kier molecular flexibility index (Phi) is 5.03. The summed E-state index contributed by atoms with van der Waals surface area (Å²) in [5, 5.41) is 0.723. The first kappa shape index (κ1) is 19.8. The van der Waals surface area contributed by atoms with Gasteiger partial charge in [-0.3, -0.25) is 4.79 Å². The molecule has 0 bridgehead atoms.